The van der Waals surface area contributed by atoms with Gasteiger partial charge < -0.3 is 14.8 Å². The second-order valence-electron chi connectivity index (χ2n) is 4.26. The van der Waals surface area contributed by atoms with E-state index in [1.165, 1.54) is 0 Å². The smallest absolute Gasteiger partial charge is 0.113 e. The van der Waals surface area contributed by atoms with Gasteiger partial charge in [0.15, 0.2) is 0 Å². The van der Waals surface area contributed by atoms with Gasteiger partial charge in [-0.3, -0.25) is 0 Å². The minimum atomic E-state index is -0.434. The van der Waals surface area contributed by atoms with Gasteiger partial charge in [0.25, 0.3) is 0 Å². The van der Waals surface area contributed by atoms with E-state index in [1.807, 2.05) is 54.2 Å². The Morgan fingerprint density at radius 1 is 1.16 bits per heavy atom. The number of hydrogen-bond donors (Lipinski definition) is 2. The van der Waals surface area contributed by atoms with Crippen LogP contribution in [0, 0.1) is 0 Å². The molecule has 0 spiro atoms. The summed E-state index contributed by atoms with van der Waals surface area (Å²) in [6.07, 6.45) is 1.26. The number of aliphatic hydroxyl groups is 1. The quantitative estimate of drug-likeness (QED) is 0.728. The molecular weight excluding hydrogens is 258 g/mol. The van der Waals surface area contributed by atoms with Gasteiger partial charge in [-0.2, -0.15) is 11.8 Å². The Bertz CT molecular complexity index is 444. The van der Waals surface area contributed by atoms with E-state index in [2.05, 4.69) is 5.32 Å². The molecule has 1 unspecified atom stereocenters. The molecule has 0 radical (unpaired) electrons. The molecule has 0 saturated heterocycles. The lowest BCUT2D eigenvalue weighted by Gasteiger charge is -2.11. The number of nitrogens with one attached hydrogen (secondary N) is 1. The summed E-state index contributed by atoms with van der Waals surface area (Å²) in [6.45, 7) is 1.47. The molecule has 1 aromatic carbocycles. The van der Waals surface area contributed by atoms with Crippen LogP contribution >= 0.6 is 11.8 Å². The summed E-state index contributed by atoms with van der Waals surface area (Å²) in [6, 6.07) is 13.6. The van der Waals surface area contributed by atoms with Crippen LogP contribution in [0.25, 0.3) is 0 Å². The lowest BCUT2D eigenvalue weighted by molar-refractivity contribution is 0.176. The van der Waals surface area contributed by atoms with Crippen LogP contribution in [-0.4, -0.2) is 23.9 Å². The molecule has 1 aromatic heterocycles. The third-order valence-electron chi connectivity index (χ3n) is 2.77. The van der Waals surface area contributed by atoms with E-state index in [4.69, 9.17) is 4.42 Å². The van der Waals surface area contributed by atoms with Gasteiger partial charge in [0, 0.05) is 18.8 Å². The van der Waals surface area contributed by atoms with E-state index in [0.717, 1.165) is 29.4 Å². The molecule has 0 aliphatic rings. The van der Waals surface area contributed by atoms with Crippen molar-refractivity contribution in [1.29, 1.82) is 0 Å². The van der Waals surface area contributed by atoms with Gasteiger partial charge >= 0.3 is 0 Å². The molecule has 3 nitrogen and oxygen atoms in total. The first kappa shape index (κ1) is 14.2. The maximum Gasteiger partial charge on any atom is 0.113 e. The van der Waals surface area contributed by atoms with Crippen molar-refractivity contribution in [2.24, 2.45) is 0 Å². The van der Waals surface area contributed by atoms with Gasteiger partial charge in [-0.25, -0.2) is 0 Å². The van der Waals surface area contributed by atoms with Gasteiger partial charge in [0.05, 0.1) is 18.1 Å². The second kappa shape index (κ2) is 8.04. The molecule has 0 amide bonds. The zero-order chi connectivity index (χ0) is 13.3. The largest absolute Gasteiger partial charge is 0.468 e. The molecule has 0 fully saturated rings. The summed E-state index contributed by atoms with van der Waals surface area (Å²) in [5.41, 5.74) is 0.957. The Morgan fingerprint density at radius 2 is 2.00 bits per heavy atom. The summed E-state index contributed by atoms with van der Waals surface area (Å²) in [7, 11) is 0. The summed E-state index contributed by atoms with van der Waals surface area (Å²) in [4.78, 5) is 0. The zero-order valence-corrected chi connectivity index (χ0v) is 11.6. The topological polar surface area (TPSA) is 45.4 Å². The molecule has 2 aromatic rings. The fraction of sp³-hybridized carbons (Fsp3) is 0.333. The highest BCUT2D eigenvalue weighted by atomic mass is 32.2. The van der Waals surface area contributed by atoms with Crippen molar-refractivity contribution in [2.75, 3.05) is 18.8 Å². The predicted octanol–water partition coefficient (Wildman–Crippen LogP) is 2.84. The van der Waals surface area contributed by atoms with Crippen LogP contribution in [0.2, 0.25) is 0 Å². The third-order valence-corrected chi connectivity index (χ3v) is 3.75. The van der Waals surface area contributed by atoms with Crippen molar-refractivity contribution in [3.05, 3.63) is 60.1 Å². The molecule has 2 N–H and O–H groups in total. The molecule has 19 heavy (non-hydrogen) atoms. The zero-order valence-electron chi connectivity index (χ0n) is 10.8. The van der Waals surface area contributed by atoms with Crippen LogP contribution in [0.15, 0.2) is 53.1 Å². The summed E-state index contributed by atoms with van der Waals surface area (Å²) >= 11 is 1.82. The lowest BCUT2D eigenvalue weighted by Crippen LogP contribution is -2.23. The first-order valence-electron chi connectivity index (χ1n) is 6.40. The van der Waals surface area contributed by atoms with Crippen LogP contribution in [0.5, 0.6) is 0 Å². The molecule has 2 rings (SSSR count). The monoisotopic (exact) mass is 277 g/mol. The Morgan fingerprint density at radius 3 is 2.74 bits per heavy atom. The molecule has 1 atom stereocenters. The Balaban J connectivity index is 1.54. The van der Waals surface area contributed by atoms with E-state index >= 15 is 0 Å². The molecule has 0 bridgehead atoms. The van der Waals surface area contributed by atoms with E-state index < -0.39 is 6.10 Å². The fourth-order valence-corrected chi connectivity index (χ4v) is 2.54. The molecular formula is C15H19NO2S. The predicted molar refractivity (Wildman–Crippen MR) is 79.1 cm³/mol. The van der Waals surface area contributed by atoms with Crippen molar-refractivity contribution < 1.29 is 9.52 Å². The maximum atomic E-state index is 9.94. The average molecular weight is 277 g/mol. The van der Waals surface area contributed by atoms with E-state index in [-0.39, 0.29) is 0 Å². The molecule has 0 aliphatic carbocycles. The summed E-state index contributed by atoms with van der Waals surface area (Å²) in [5.74, 6) is 2.91. The number of thioether (sulfide) groups is 1. The average Bonchev–Trinajstić information content (AvgIpc) is 2.96. The van der Waals surface area contributed by atoms with Gasteiger partial charge in [0.2, 0.25) is 0 Å². The molecule has 1 heterocycles. The van der Waals surface area contributed by atoms with Crippen molar-refractivity contribution >= 4 is 11.8 Å². The Labute approximate surface area is 118 Å². The van der Waals surface area contributed by atoms with Gasteiger partial charge in [-0.05, 0) is 17.7 Å². The van der Waals surface area contributed by atoms with E-state index in [1.54, 1.807) is 6.26 Å². The highest BCUT2D eigenvalue weighted by Crippen LogP contribution is 2.12. The van der Waals surface area contributed by atoms with Crippen molar-refractivity contribution in [3.63, 3.8) is 0 Å². The van der Waals surface area contributed by atoms with Crippen LogP contribution < -0.4 is 5.32 Å². The standard InChI is InChI=1S/C15H19NO2S/c17-15(13-5-2-1-3-6-13)11-16-8-10-19-12-14-7-4-9-18-14/h1-7,9,15-17H,8,10-12H2. The summed E-state index contributed by atoms with van der Waals surface area (Å²) < 4.78 is 5.25. The fourth-order valence-electron chi connectivity index (χ4n) is 1.74. The van der Waals surface area contributed by atoms with E-state index in [0.29, 0.717) is 6.54 Å². The first-order valence-corrected chi connectivity index (χ1v) is 7.55. The van der Waals surface area contributed by atoms with Crippen molar-refractivity contribution in [2.45, 2.75) is 11.9 Å². The molecule has 102 valence electrons. The van der Waals surface area contributed by atoms with Crippen molar-refractivity contribution in [3.8, 4) is 0 Å². The number of aliphatic hydroxyl groups excluding tert-OH is 1. The minimum absolute atomic E-state index is 0.434. The Hall–Kier alpha value is -1.23. The lowest BCUT2D eigenvalue weighted by atomic mass is 10.1. The van der Waals surface area contributed by atoms with Gasteiger partial charge in [-0.1, -0.05) is 30.3 Å². The minimum Gasteiger partial charge on any atom is -0.468 e. The van der Waals surface area contributed by atoms with E-state index in [9.17, 15) is 5.11 Å². The second-order valence-corrected chi connectivity index (χ2v) is 5.37. The SMILES string of the molecule is OC(CNCCSCc1ccco1)c1ccccc1. The molecule has 0 saturated carbocycles. The number of furan rings is 1. The Kier molecular flexibility index (Phi) is 6.01. The van der Waals surface area contributed by atoms with Crippen LogP contribution in [0.3, 0.4) is 0 Å². The molecule has 4 heteroatoms. The van der Waals surface area contributed by atoms with Crippen LogP contribution in [0.4, 0.5) is 0 Å². The highest BCUT2D eigenvalue weighted by molar-refractivity contribution is 7.98. The molecule has 0 aliphatic heterocycles. The number of rotatable bonds is 8. The highest BCUT2D eigenvalue weighted by Gasteiger charge is 2.05. The van der Waals surface area contributed by atoms with Crippen molar-refractivity contribution in [1.82, 2.24) is 5.32 Å². The first-order chi connectivity index (χ1) is 9.36. The number of hydrogen-bond acceptors (Lipinski definition) is 4. The van der Waals surface area contributed by atoms with Crippen LogP contribution in [0.1, 0.15) is 17.4 Å². The maximum absolute atomic E-state index is 9.94. The van der Waals surface area contributed by atoms with Gasteiger partial charge in [0.1, 0.15) is 5.76 Å². The normalized spacial score (nSPS) is 12.5. The van der Waals surface area contributed by atoms with Crippen LogP contribution in [-0.2, 0) is 5.75 Å². The summed E-state index contributed by atoms with van der Waals surface area (Å²) in [5, 5.41) is 13.2. The third kappa shape index (κ3) is 5.11. The number of benzene rings is 1. The van der Waals surface area contributed by atoms with Gasteiger partial charge in [-0.15, -0.1) is 0 Å².